The number of nitrogens with zero attached hydrogens (tertiary/aromatic N) is 3. The van der Waals surface area contributed by atoms with Crippen molar-refractivity contribution in [1.82, 2.24) is 14.3 Å². The molecule has 0 radical (unpaired) electrons. The monoisotopic (exact) mass is 178 g/mol. The number of hydrogen-bond acceptors (Lipinski definition) is 5. The molecule has 60 valence electrons. The van der Waals surface area contributed by atoms with Gasteiger partial charge in [0.05, 0.1) is 0 Å². The van der Waals surface area contributed by atoms with Crippen molar-refractivity contribution in [3.8, 4) is 0 Å². The van der Waals surface area contributed by atoms with Gasteiger partial charge in [-0.2, -0.15) is 4.37 Å². The van der Waals surface area contributed by atoms with Crippen LogP contribution in [0.2, 0.25) is 0 Å². The lowest BCUT2D eigenvalue weighted by Crippen LogP contribution is -1.93. The van der Waals surface area contributed by atoms with Crippen molar-refractivity contribution < 1.29 is 0 Å². The van der Waals surface area contributed by atoms with Crippen molar-refractivity contribution >= 4 is 23.3 Å². The van der Waals surface area contributed by atoms with Gasteiger partial charge in [-0.1, -0.05) is 6.07 Å². The Balaban J connectivity index is 2.15. The molecular formula is C7H6N4S. The van der Waals surface area contributed by atoms with E-state index in [2.05, 4.69) is 19.7 Å². The third-order valence-corrected chi connectivity index (χ3v) is 1.74. The molecule has 5 heteroatoms. The molecule has 4 nitrogen and oxygen atoms in total. The lowest BCUT2D eigenvalue weighted by atomic mass is 10.5. The molecule has 0 aliphatic heterocycles. The van der Waals surface area contributed by atoms with Gasteiger partial charge in [-0.3, -0.25) is 0 Å². The van der Waals surface area contributed by atoms with E-state index in [1.54, 1.807) is 11.7 Å². The van der Waals surface area contributed by atoms with Crippen LogP contribution in [0.25, 0.3) is 0 Å². The highest BCUT2D eigenvalue weighted by atomic mass is 32.1. The normalized spacial score (nSPS) is 9.67. The Morgan fingerprint density at radius 2 is 2.25 bits per heavy atom. The van der Waals surface area contributed by atoms with Gasteiger partial charge in [0, 0.05) is 6.20 Å². The maximum atomic E-state index is 4.07. The molecular weight excluding hydrogens is 172 g/mol. The van der Waals surface area contributed by atoms with Crippen LogP contribution in [-0.4, -0.2) is 14.3 Å². The summed E-state index contributed by atoms with van der Waals surface area (Å²) in [5, 5.41) is 2.96. The Morgan fingerprint density at radius 3 is 2.92 bits per heavy atom. The van der Waals surface area contributed by atoms with Gasteiger partial charge in [-0.15, -0.1) is 0 Å². The Morgan fingerprint density at radius 1 is 1.25 bits per heavy atom. The third kappa shape index (κ3) is 1.57. The van der Waals surface area contributed by atoms with Crippen LogP contribution in [0.4, 0.5) is 11.8 Å². The fourth-order valence-electron chi connectivity index (χ4n) is 0.777. The summed E-state index contributed by atoms with van der Waals surface area (Å²) in [4.78, 5) is 8.03. The smallest absolute Gasteiger partial charge is 0.240 e. The van der Waals surface area contributed by atoms with Crippen LogP contribution in [0.1, 0.15) is 0 Å². The van der Waals surface area contributed by atoms with Gasteiger partial charge in [-0.25, -0.2) is 9.97 Å². The van der Waals surface area contributed by atoms with Crippen LogP contribution < -0.4 is 5.32 Å². The van der Waals surface area contributed by atoms with E-state index < -0.39 is 0 Å². The summed E-state index contributed by atoms with van der Waals surface area (Å²) in [7, 11) is 0. The maximum Gasteiger partial charge on any atom is 0.240 e. The van der Waals surface area contributed by atoms with E-state index in [0.717, 1.165) is 5.82 Å². The fraction of sp³-hybridized carbons (Fsp3) is 0. The lowest BCUT2D eigenvalue weighted by molar-refractivity contribution is 1.24. The first kappa shape index (κ1) is 7.17. The number of nitrogens with one attached hydrogen (secondary N) is 1. The average molecular weight is 178 g/mol. The molecule has 2 heterocycles. The third-order valence-electron chi connectivity index (χ3n) is 1.27. The first-order chi connectivity index (χ1) is 5.95. The molecule has 0 saturated carbocycles. The van der Waals surface area contributed by atoms with Crippen LogP contribution >= 0.6 is 11.5 Å². The van der Waals surface area contributed by atoms with Crippen LogP contribution in [0.3, 0.4) is 0 Å². The highest BCUT2D eigenvalue weighted by molar-refractivity contribution is 7.03. The first-order valence-electron chi connectivity index (χ1n) is 3.39. The number of hydrogen-bond donors (Lipinski definition) is 1. The van der Waals surface area contributed by atoms with Gasteiger partial charge >= 0.3 is 0 Å². The van der Waals surface area contributed by atoms with E-state index in [9.17, 15) is 0 Å². The number of pyridine rings is 1. The minimum Gasteiger partial charge on any atom is -0.308 e. The second kappa shape index (κ2) is 3.27. The second-order valence-electron chi connectivity index (χ2n) is 2.09. The molecule has 0 fully saturated rings. The number of rotatable bonds is 2. The summed E-state index contributed by atoms with van der Waals surface area (Å²) in [5.41, 5.74) is 1.67. The summed E-state index contributed by atoms with van der Waals surface area (Å²) in [6, 6.07) is 5.63. The largest absolute Gasteiger partial charge is 0.308 e. The summed E-state index contributed by atoms with van der Waals surface area (Å²) in [5.74, 6) is 1.36. The summed E-state index contributed by atoms with van der Waals surface area (Å²) in [6.07, 6.45) is 1.72. The molecule has 0 unspecified atom stereocenters. The predicted octanol–water partition coefficient (Wildman–Crippen LogP) is 1.68. The van der Waals surface area contributed by atoms with Crippen molar-refractivity contribution in [3.05, 3.63) is 29.9 Å². The van der Waals surface area contributed by atoms with Crippen LogP contribution in [0.15, 0.2) is 29.9 Å². The SMILES string of the molecule is c1ccc(Nc2ncsn2)nc1. The zero-order chi connectivity index (χ0) is 8.23. The van der Waals surface area contributed by atoms with Gasteiger partial charge in [0.25, 0.3) is 0 Å². The van der Waals surface area contributed by atoms with Crippen molar-refractivity contribution in [3.63, 3.8) is 0 Å². The average Bonchev–Trinajstić information content (AvgIpc) is 2.59. The molecule has 12 heavy (non-hydrogen) atoms. The van der Waals surface area contributed by atoms with Crippen LogP contribution in [-0.2, 0) is 0 Å². The van der Waals surface area contributed by atoms with Crippen molar-refractivity contribution in [2.45, 2.75) is 0 Å². The van der Waals surface area contributed by atoms with Crippen LogP contribution in [0.5, 0.6) is 0 Å². The van der Waals surface area contributed by atoms with E-state index in [1.807, 2.05) is 18.2 Å². The first-order valence-corrected chi connectivity index (χ1v) is 4.23. The Kier molecular flexibility index (Phi) is 1.96. The minimum absolute atomic E-state index is 0.596. The number of aromatic nitrogens is 3. The van der Waals surface area contributed by atoms with E-state index >= 15 is 0 Å². The predicted molar refractivity (Wildman–Crippen MR) is 47.4 cm³/mol. The lowest BCUT2D eigenvalue weighted by Gasteiger charge is -1.97. The molecule has 0 aliphatic rings. The molecule has 2 rings (SSSR count). The van der Waals surface area contributed by atoms with Gasteiger partial charge in [0.2, 0.25) is 5.95 Å². The zero-order valence-corrected chi connectivity index (χ0v) is 6.95. The molecule has 0 saturated heterocycles. The summed E-state index contributed by atoms with van der Waals surface area (Å²) in [6.45, 7) is 0. The molecule has 1 N–H and O–H groups in total. The van der Waals surface area contributed by atoms with Gasteiger partial charge < -0.3 is 5.32 Å². The Labute approximate surface area is 73.5 Å². The molecule has 0 aliphatic carbocycles. The van der Waals surface area contributed by atoms with Gasteiger partial charge in [-0.05, 0) is 23.7 Å². The van der Waals surface area contributed by atoms with Crippen molar-refractivity contribution in [2.75, 3.05) is 5.32 Å². The standard InChI is InChI=1S/C7H6N4S/c1-2-4-8-6(3-1)10-7-9-5-12-11-7/h1-5H,(H,8,10,11). The highest BCUT2D eigenvalue weighted by Gasteiger charge is 1.95. The Bertz CT molecular complexity index is 332. The molecule has 0 aromatic carbocycles. The quantitative estimate of drug-likeness (QED) is 0.760. The van der Waals surface area contributed by atoms with Crippen molar-refractivity contribution in [2.24, 2.45) is 0 Å². The zero-order valence-electron chi connectivity index (χ0n) is 6.14. The van der Waals surface area contributed by atoms with E-state index in [-0.39, 0.29) is 0 Å². The highest BCUT2D eigenvalue weighted by Crippen LogP contribution is 2.08. The minimum atomic E-state index is 0.596. The molecule has 0 bridgehead atoms. The van der Waals surface area contributed by atoms with Crippen LogP contribution in [0, 0.1) is 0 Å². The molecule has 0 spiro atoms. The van der Waals surface area contributed by atoms with E-state index in [0.29, 0.717) is 5.95 Å². The fourth-order valence-corrected chi connectivity index (χ4v) is 1.16. The van der Waals surface area contributed by atoms with Crippen molar-refractivity contribution in [1.29, 1.82) is 0 Å². The molecule has 2 aromatic rings. The second-order valence-corrected chi connectivity index (χ2v) is 2.70. The molecule has 2 aromatic heterocycles. The molecule has 0 atom stereocenters. The topological polar surface area (TPSA) is 50.7 Å². The Hall–Kier alpha value is -1.49. The van der Waals surface area contributed by atoms with E-state index in [4.69, 9.17) is 0 Å². The van der Waals surface area contributed by atoms with Gasteiger partial charge in [0.1, 0.15) is 11.3 Å². The van der Waals surface area contributed by atoms with E-state index in [1.165, 1.54) is 11.5 Å². The maximum absolute atomic E-state index is 4.07. The summed E-state index contributed by atoms with van der Waals surface area (Å²) < 4.78 is 3.99. The molecule has 0 amide bonds. The number of anilines is 2. The summed E-state index contributed by atoms with van der Waals surface area (Å²) >= 11 is 1.31. The van der Waals surface area contributed by atoms with Gasteiger partial charge in [0.15, 0.2) is 0 Å².